The fourth-order valence-corrected chi connectivity index (χ4v) is 2.21. The molecule has 92 valence electrons. The van der Waals surface area contributed by atoms with E-state index < -0.39 is 5.97 Å². The molecule has 0 bridgehead atoms. The quantitative estimate of drug-likeness (QED) is 0.815. The van der Waals surface area contributed by atoms with Crippen molar-refractivity contribution in [1.82, 2.24) is 4.90 Å². The third-order valence-electron chi connectivity index (χ3n) is 3.41. The third-order valence-corrected chi connectivity index (χ3v) is 3.41. The van der Waals surface area contributed by atoms with Gasteiger partial charge >= 0.3 is 5.97 Å². The minimum absolute atomic E-state index is 0.0887. The van der Waals surface area contributed by atoms with E-state index in [0.717, 1.165) is 25.9 Å². The zero-order chi connectivity index (χ0) is 12.3. The predicted octanol–water partition coefficient (Wildman–Crippen LogP) is 1.88. The lowest BCUT2D eigenvalue weighted by atomic mass is 10.1. The molecule has 0 spiro atoms. The molecule has 3 heteroatoms. The van der Waals surface area contributed by atoms with E-state index in [1.54, 1.807) is 0 Å². The number of aliphatic carboxylic acids is 1. The number of benzene rings is 1. The first-order valence-corrected chi connectivity index (χ1v) is 6.12. The summed E-state index contributed by atoms with van der Waals surface area (Å²) in [6, 6.07) is 10.4. The van der Waals surface area contributed by atoms with Crippen LogP contribution in [0.5, 0.6) is 0 Å². The first-order valence-electron chi connectivity index (χ1n) is 6.12. The highest BCUT2D eigenvalue weighted by molar-refractivity contribution is 5.73. The van der Waals surface area contributed by atoms with Crippen LogP contribution in [0.1, 0.15) is 12.0 Å². The summed E-state index contributed by atoms with van der Waals surface area (Å²) in [6.45, 7) is 1.90. The molecule has 1 aliphatic rings. The Kier molecular flexibility index (Phi) is 3.79. The highest BCUT2D eigenvalue weighted by Gasteiger charge is 2.43. The van der Waals surface area contributed by atoms with Crippen molar-refractivity contribution in [2.45, 2.75) is 12.8 Å². The molecule has 2 rings (SSSR count). The maximum atomic E-state index is 10.7. The van der Waals surface area contributed by atoms with E-state index in [4.69, 9.17) is 5.11 Å². The van der Waals surface area contributed by atoms with Crippen LogP contribution in [0.25, 0.3) is 0 Å². The van der Waals surface area contributed by atoms with E-state index in [1.165, 1.54) is 5.56 Å². The van der Waals surface area contributed by atoms with E-state index in [0.29, 0.717) is 5.92 Å². The summed E-state index contributed by atoms with van der Waals surface area (Å²) in [4.78, 5) is 13.0. The first kappa shape index (κ1) is 12.1. The topological polar surface area (TPSA) is 40.5 Å². The summed E-state index contributed by atoms with van der Waals surface area (Å²) < 4.78 is 0. The second kappa shape index (κ2) is 5.32. The molecule has 0 saturated heterocycles. The lowest BCUT2D eigenvalue weighted by molar-refractivity contribution is -0.138. The lowest BCUT2D eigenvalue weighted by Gasteiger charge is -2.16. The molecule has 1 aliphatic carbocycles. The van der Waals surface area contributed by atoms with Crippen molar-refractivity contribution in [3.05, 3.63) is 35.9 Å². The first-order chi connectivity index (χ1) is 8.16. The van der Waals surface area contributed by atoms with Gasteiger partial charge < -0.3 is 10.0 Å². The number of hydrogen-bond donors (Lipinski definition) is 1. The molecule has 1 saturated carbocycles. The van der Waals surface area contributed by atoms with Crippen LogP contribution in [-0.4, -0.2) is 36.1 Å². The average Bonchev–Trinajstić information content (AvgIpc) is 3.07. The average molecular weight is 233 g/mol. The minimum atomic E-state index is -0.633. The largest absolute Gasteiger partial charge is 0.481 e. The van der Waals surface area contributed by atoms with Crippen LogP contribution >= 0.6 is 0 Å². The second-order valence-corrected chi connectivity index (χ2v) is 4.94. The van der Waals surface area contributed by atoms with E-state index in [2.05, 4.69) is 36.2 Å². The Morgan fingerprint density at radius 1 is 1.41 bits per heavy atom. The summed E-state index contributed by atoms with van der Waals surface area (Å²) in [7, 11) is 2.07. The Bertz CT molecular complexity index is 377. The number of rotatable bonds is 6. The van der Waals surface area contributed by atoms with Crippen molar-refractivity contribution < 1.29 is 9.90 Å². The van der Waals surface area contributed by atoms with Crippen LogP contribution < -0.4 is 0 Å². The summed E-state index contributed by atoms with van der Waals surface area (Å²) >= 11 is 0. The molecule has 2 unspecified atom stereocenters. The van der Waals surface area contributed by atoms with Gasteiger partial charge in [-0.05, 0) is 31.4 Å². The molecule has 3 nitrogen and oxygen atoms in total. The predicted molar refractivity (Wildman–Crippen MR) is 66.9 cm³/mol. The number of hydrogen-bond acceptors (Lipinski definition) is 2. The van der Waals surface area contributed by atoms with Gasteiger partial charge in [0.25, 0.3) is 0 Å². The zero-order valence-electron chi connectivity index (χ0n) is 10.2. The molecular weight excluding hydrogens is 214 g/mol. The molecule has 0 aromatic heterocycles. The minimum Gasteiger partial charge on any atom is -0.481 e. The SMILES string of the molecule is CN(CCc1ccccc1)CC1CC1C(=O)O. The fourth-order valence-electron chi connectivity index (χ4n) is 2.21. The van der Waals surface area contributed by atoms with Crippen LogP contribution in [0.3, 0.4) is 0 Å². The highest BCUT2D eigenvalue weighted by Crippen LogP contribution is 2.38. The molecule has 0 aliphatic heterocycles. The van der Waals surface area contributed by atoms with Crippen molar-refractivity contribution in [3.8, 4) is 0 Å². The summed E-state index contributed by atoms with van der Waals surface area (Å²) in [5.74, 6) is -0.353. The van der Waals surface area contributed by atoms with Gasteiger partial charge in [0, 0.05) is 13.1 Å². The molecule has 1 aromatic rings. The third kappa shape index (κ3) is 3.56. The van der Waals surface area contributed by atoms with E-state index in [-0.39, 0.29) is 5.92 Å². The molecule has 0 radical (unpaired) electrons. The Balaban J connectivity index is 1.69. The maximum Gasteiger partial charge on any atom is 0.306 e. The molecule has 2 atom stereocenters. The van der Waals surface area contributed by atoms with Crippen LogP contribution in [0.15, 0.2) is 30.3 Å². The van der Waals surface area contributed by atoms with Crippen molar-refractivity contribution in [3.63, 3.8) is 0 Å². The molecular formula is C14H19NO2. The Morgan fingerprint density at radius 2 is 2.12 bits per heavy atom. The van der Waals surface area contributed by atoms with Gasteiger partial charge in [0.1, 0.15) is 0 Å². The van der Waals surface area contributed by atoms with Crippen molar-refractivity contribution in [1.29, 1.82) is 0 Å². The number of likely N-dealkylation sites (N-methyl/N-ethyl adjacent to an activating group) is 1. The van der Waals surface area contributed by atoms with E-state index in [1.807, 2.05) is 6.07 Å². The van der Waals surface area contributed by atoms with Crippen LogP contribution in [-0.2, 0) is 11.2 Å². The standard InChI is InChI=1S/C14H19NO2/c1-15(10-12-9-13(12)14(16)17)8-7-11-5-3-2-4-6-11/h2-6,12-13H,7-10H2,1H3,(H,16,17). The highest BCUT2D eigenvalue weighted by atomic mass is 16.4. The van der Waals surface area contributed by atoms with Gasteiger partial charge in [-0.15, -0.1) is 0 Å². The van der Waals surface area contributed by atoms with E-state index in [9.17, 15) is 4.79 Å². The number of carboxylic acids is 1. The van der Waals surface area contributed by atoms with Crippen LogP contribution in [0.2, 0.25) is 0 Å². The zero-order valence-corrected chi connectivity index (χ0v) is 10.2. The van der Waals surface area contributed by atoms with Crippen molar-refractivity contribution in [2.24, 2.45) is 11.8 Å². The van der Waals surface area contributed by atoms with Crippen molar-refractivity contribution >= 4 is 5.97 Å². The van der Waals surface area contributed by atoms with Gasteiger partial charge in [-0.2, -0.15) is 0 Å². The number of carbonyl (C=O) groups is 1. The number of nitrogens with zero attached hydrogens (tertiary/aromatic N) is 1. The van der Waals surface area contributed by atoms with Crippen molar-refractivity contribution in [2.75, 3.05) is 20.1 Å². The normalized spacial score (nSPS) is 22.7. The molecule has 1 aromatic carbocycles. The van der Waals surface area contributed by atoms with E-state index >= 15 is 0 Å². The molecule has 0 heterocycles. The molecule has 17 heavy (non-hydrogen) atoms. The fraction of sp³-hybridized carbons (Fsp3) is 0.500. The Labute approximate surface area is 102 Å². The number of carboxylic acid groups (broad SMARTS) is 1. The molecule has 1 N–H and O–H groups in total. The molecule has 1 fully saturated rings. The summed E-state index contributed by atoms with van der Waals surface area (Å²) in [6.07, 6.45) is 1.88. The van der Waals surface area contributed by atoms with Gasteiger partial charge in [-0.25, -0.2) is 0 Å². The Morgan fingerprint density at radius 3 is 2.71 bits per heavy atom. The van der Waals surface area contributed by atoms with Crippen LogP contribution in [0, 0.1) is 11.8 Å². The van der Waals surface area contributed by atoms with Gasteiger partial charge in [0.05, 0.1) is 5.92 Å². The Hall–Kier alpha value is -1.35. The maximum absolute atomic E-state index is 10.7. The monoisotopic (exact) mass is 233 g/mol. The van der Waals surface area contributed by atoms with Gasteiger partial charge in [0.15, 0.2) is 0 Å². The van der Waals surface area contributed by atoms with Gasteiger partial charge in [-0.1, -0.05) is 30.3 Å². The van der Waals surface area contributed by atoms with Gasteiger partial charge in [-0.3, -0.25) is 4.79 Å². The molecule has 0 amide bonds. The van der Waals surface area contributed by atoms with Crippen LogP contribution in [0.4, 0.5) is 0 Å². The summed E-state index contributed by atoms with van der Waals surface area (Å²) in [5.41, 5.74) is 1.34. The smallest absolute Gasteiger partial charge is 0.306 e. The second-order valence-electron chi connectivity index (χ2n) is 4.94. The van der Waals surface area contributed by atoms with Gasteiger partial charge in [0.2, 0.25) is 0 Å². The lowest BCUT2D eigenvalue weighted by Crippen LogP contribution is -2.24. The summed E-state index contributed by atoms with van der Waals surface area (Å²) in [5, 5.41) is 8.83.